The summed E-state index contributed by atoms with van der Waals surface area (Å²) in [4.78, 5) is 24.8. The highest BCUT2D eigenvalue weighted by Gasteiger charge is 2.12. The van der Waals surface area contributed by atoms with E-state index < -0.39 is 22.5 Å². The Kier molecular flexibility index (Phi) is 4.83. The Morgan fingerprint density at radius 3 is 2.62 bits per heavy atom. The normalized spacial score (nSPS) is 10.8. The Bertz CT molecular complexity index is 853. The first-order valence-electron chi connectivity index (χ1n) is 6.56. The van der Waals surface area contributed by atoms with Crippen molar-refractivity contribution in [2.75, 3.05) is 5.32 Å². The Morgan fingerprint density at radius 1 is 1.29 bits per heavy atom. The standard InChI is InChI=1S/C15H11F2N3O4/c1-8(21)19-14-6-13(11(16)5-12(14)17)18-7-9-4-10(20(23)24)2-3-15(9)22/h2-7,22H,1H3,(H,19,21). The van der Waals surface area contributed by atoms with Crippen molar-refractivity contribution in [3.63, 3.8) is 0 Å². The van der Waals surface area contributed by atoms with Crippen LogP contribution in [0.25, 0.3) is 0 Å². The first-order valence-corrected chi connectivity index (χ1v) is 6.56. The van der Waals surface area contributed by atoms with E-state index in [2.05, 4.69) is 10.3 Å². The van der Waals surface area contributed by atoms with Crippen molar-refractivity contribution in [2.45, 2.75) is 6.92 Å². The number of hydrogen-bond donors (Lipinski definition) is 2. The number of hydrogen-bond acceptors (Lipinski definition) is 5. The van der Waals surface area contributed by atoms with Gasteiger partial charge >= 0.3 is 0 Å². The lowest BCUT2D eigenvalue weighted by atomic mass is 10.2. The minimum Gasteiger partial charge on any atom is -0.507 e. The summed E-state index contributed by atoms with van der Waals surface area (Å²) in [5, 5.41) is 22.6. The molecule has 0 aliphatic carbocycles. The van der Waals surface area contributed by atoms with E-state index in [0.29, 0.717) is 6.07 Å². The highest BCUT2D eigenvalue weighted by atomic mass is 19.1. The van der Waals surface area contributed by atoms with Gasteiger partial charge in [-0.3, -0.25) is 19.9 Å². The number of carbonyl (C=O) groups is 1. The van der Waals surface area contributed by atoms with Crippen LogP contribution in [0.4, 0.5) is 25.8 Å². The van der Waals surface area contributed by atoms with Crippen LogP contribution in [-0.2, 0) is 4.79 Å². The van der Waals surface area contributed by atoms with E-state index in [9.17, 15) is 28.8 Å². The summed E-state index contributed by atoms with van der Waals surface area (Å²) in [6, 6.07) is 4.76. The molecule has 0 saturated carbocycles. The topological polar surface area (TPSA) is 105 Å². The van der Waals surface area contributed by atoms with Crippen LogP contribution < -0.4 is 5.32 Å². The molecule has 0 aliphatic rings. The van der Waals surface area contributed by atoms with Gasteiger partial charge in [0.15, 0.2) is 5.82 Å². The van der Waals surface area contributed by atoms with Gasteiger partial charge in [0.1, 0.15) is 17.3 Å². The number of aromatic hydroxyl groups is 1. The maximum absolute atomic E-state index is 13.7. The lowest BCUT2D eigenvalue weighted by Gasteiger charge is -2.06. The average molecular weight is 335 g/mol. The number of amides is 1. The quantitative estimate of drug-likeness (QED) is 0.508. The van der Waals surface area contributed by atoms with E-state index in [1.165, 1.54) is 0 Å². The van der Waals surface area contributed by atoms with Gasteiger partial charge in [0.2, 0.25) is 5.91 Å². The highest BCUT2D eigenvalue weighted by Crippen LogP contribution is 2.27. The van der Waals surface area contributed by atoms with Crippen LogP contribution in [0.15, 0.2) is 35.3 Å². The first kappa shape index (κ1) is 17.0. The first-order chi connectivity index (χ1) is 11.3. The van der Waals surface area contributed by atoms with Gasteiger partial charge in [-0.15, -0.1) is 0 Å². The molecule has 0 bridgehead atoms. The van der Waals surface area contributed by atoms with Gasteiger partial charge in [-0.2, -0.15) is 0 Å². The summed E-state index contributed by atoms with van der Waals surface area (Å²) >= 11 is 0. The number of rotatable bonds is 4. The fraction of sp³-hybridized carbons (Fsp3) is 0.0667. The van der Waals surface area contributed by atoms with E-state index >= 15 is 0 Å². The number of nitro benzene ring substituents is 1. The number of benzene rings is 2. The number of non-ortho nitro benzene ring substituents is 1. The number of phenols is 1. The summed E-state index contributed by atoms with van der Waals surface area (Å²) in [5.41, 5.74) is -0.882. The Labute approximate surface area is 134 Å². The van der Waals surface area contributed by atoms with Crippen LogP contribution in [0.1, 0.15) is 12.5 Å². The van der Waals surface area contributed by atoms with Gasteiger partial charge in [0.25, 0.3) is 5.69 Å². The number of phenolic OH excluding ortho intramolecular Hbond substituents is 1. The number of halogens is 2. The van der Waals surface area contributed by atoms with Crippen molar-refractivity contribution in [1.82, 2.24) is 0 Å². The minimum atomic E-state index is -0.997. The van der Waals surface area contributed by atoms with E-state index in [4.69, 9.17) is 0 Å². The van der Waals surface area contributed by atoms with Gasteiger partial charge in [-0.25, -0.2) is 8.78 Å². The number of carbonyl (C=O) groups excluding carboxylic acids is 1. The average Bonchev–Trinajstić information content (AvgIpc) is 2.49. The van der Waals surface area contributed by atoms with Crippen LogP contribution in [0.3, 0.4) is 0 Å². The summed E-state index contributed by atoms with van der Waals surface area (Å²) < 4.78 is 27.3. The fourth-order valence-corrected chi connectivity index (χ4v) is 1.82. The van der Waals surface area contributed by atoms with Crippen LogP contribution >= 0.6 is 0 Å². The van der Waals surface area contributed by atoms with Gasteiger partial charge < -0.3 is 10.4 Å². The molecule has 24 heavy (non-hydrogen) atoms. The zero-order valence-electron chi connectivity index (χ0n) is 12.3. The molecule has 9 heteroatoms. The molecule has 124 valence electrons. The van der Waals surface area contributed by atoms with Crippen LogP contribution in [0.5, 0.6) is 5.75 Å². The molecule has 2 aromatic rings. The summed E-state index contributed by atoms with van der Waals surface area (Å²) in [5.74, 6) is -2.82. The lowest BCUT2D eigenvalue weighted by Crippen LogP contribution is -2.07. The van der Waals surface area contributed by atoms with Gasteiger partial charge in [-0.05, 0) is 12.1 Å². The summed E-state index contributed by atoms with van der Waals surface area (Å²) in [7, 11) is 0. The number of anilines is 1. The van der Waals surface area contributed by atoms with Crippen molar-refractivity contribution >= 4 is 29.2 Å². The molecule has 0 unspecified atom stereocenters. The van der Waals surface area contributed by atoms with E-state index in [1.54, 1.807) is 0 Å². The molecule has 2 rings (SSSR count). The molecule has 0 aliphatic heterocycles. The third-order valence-corrected chi connectivity index (χ3v) is 2.91. The van der Waals surface area contributed by atoms with Crippen LogP contribution in [0.2, 0.25) is 0 Å². The molecular weight excluding hydrogens is 324 g/mol. The number of nitro groups is 1. The zero-order chi connectivity index (χ0) is 17.9. The predicted octanol–water partition coefficient (Wildman–Crippen LogP) is 3.29. The maximum Gasteiger partial charge on any atom is 0.270 e. The van der Waals surface area contributed by atoms with Crippen molar-refractivity contribution < 1.29 is 23.6 Å². The monoisotopic (exact) mass is 335 g/mol. The Morgan fingerprint density at radius 2 is 2.00 bits per heavy atom. The molecule has 0 atom stereocenters. The number of nitrogens with one attached hydrogen (secondary N) is 1. The second kappa shape index (κ2) is 6.82. The fourth-order valence-electron chi connectivity index (χ4n) is 1.82. The third-order valence-electron chi connectivity index (χ3n) is 2.91. The maximum atomic E-state index is 13.7. The second-order valence-electron chi connectivity index (χ2n) is 4.72. The molecule has 0 radical (unpaired) electrons. The van der Waals surface area contributed by atoms with Crippen LogP contribution in [0, 0.1) is 21.7 Å². The summed E-state index contributed by atoms with van der Waals surface area (Å²) in [6.07, 6.45) is 0.996. The Hall–Kier alpha value is -3.36. The van der Waals surface area contributed by atoms with Crippen molar-refractivity contribution in [3.8, 4) is 5.75 Å². The molecule has 7 nitrogen and oxygen atoms in total. The zero-order valence-corrected chi connectivity index (χ0v) is 12.3. The van der Waals surface area contributed by atoms with Crippen molar-refractivity contribution in [2.24, 2.45) is 4.99 Å². The molecule has 0 heterocycles. The minimum absolute atomic E-state index is 0.0194. The second-order valence-corrected chi connectivity index (χ2v) is 4.72. The number of nitrogens with zero attached hydrogens (tertiary/aromatic N) is 2. The highest BCUT2D eigenvalue weighted by molar-refractivity contribution is 5.90. The van der Waals surface area contributed by atoms with E-state index in [1.807, 2.05) is 0 Å². The molecule has 0 saturated heterocycles. The number of aliphatic imine (C=N–C) groups is 1. The van der Waals surface area contributed by atoms with Gasteiger partial charge in [-0.1, -0.05) is 0 Å². The van der Waals surface area contributed by atoms with E-state index in [-0.39, 0.29) is 28.4 Å². The van der Waals surface area contributed by atoms with Gasteiger partial charge in [0, 0.05) is 36.9 Å². The molecular formula is C15H11F2N3O4. The summed E-state index contributed by atoms with van der Waals surface area (Å²) in [6.45, 7) is 1.16. The SMILES string of the molecule is CC(=O)Nc1cc(N=Cc2cc([N+](=O)[O-])ccc2O)c(F)cc1F. The van der Waals surface area contributed by atoms with Crippen molar-refractivity contribution in [3.05, 3.63) is 57.6 Å². The lowest BCUT2D eigenvalue weighted by molar-refractivity contribution is -0.384. The predicted molar refractivity (Wildman–Crippen MR) is 82.7 cm³/mol. The van der Waals surface area contributed by atoms with Crippen molar-refractivity contribution in [1.29, 1.82) is 0 Å². The van der Waals surface area contributed by atoms with Gasteiger partial charge in [0.05, 0.1) is 10.6 Å². The smallest absolute Gasteiger partial charge is 0.270 e. The van der Waals surface area contributed by atoms with Crippen LogP contribution in [-0.4, -0.2) is 22.2 Å². The Balaban J connectivity index is 2.40. The molecule has 2 N–H and O–H groups in total. The molecule has 1 amide bonds. The largest absolute Gasteiger partial charge is 0.507 e. The van der Waals surface area contributed by atoms with E-state index in [0.717, 1.165) is 37.4 Å². The molecule has 0 aromatic heterocycles. The molecule has 0 fully saturated rings. The molecule has 0 spiro atoms. The molecule has 2 aromatic carbocycles. The third kappa shape index (κ3) is 3.88.